The van der Waals surface area contributed by atoms with Crippen molar-refractivity contribution in [1.29, 1.82) is 0 Å². The van der Waals surface area contributed by atoms with Gasteiger partial charge in [0.25, 0.3) is 0 Å². The number of carbonyl (C=O) groups is 1. The second-order valence-corrected chi connectivity index (χ2v) is 4.05. The van der Waals surface area contributed by atoms with E-state index < -0.39 is 0 Å². The fourth-order valence-corrected chi connectivity index (χ4v) is 1.81. The summed E-state index contributed by atoms with van der Waals surface area (Å²) in [6, 6.07) is 11.2. The number of aryl methyl sites for hydroxylation is 1. The van der Waals surface area contributed by atoms with Crippen LogP contribution in [0.25, 0.3) is 11.3 Å². The van der Waals surface area contributed by atoms with E-state index >= 15 is 0 Å². The Bertz CT molecular complexity index is 571. The van der Waals surface area contributed by atoms with Crippen LogP contribution in [-0.2, 0) is 0 Å². The van der Waals surface area contributed by atoms with Gasteiger partial charge in [-0.3, -0.25) is 4.79 Å². The van der Waals surface area contributed by atoms with Crippen LogP contribution >= 0.6 is 0 Å². The zero-order valence-electron chi connectivity index (χ0n) is 10.7. The number of hydrogen-bond donors (Lipinski definition) is 0. The third kappa shape index (κ3) is 2.40. The number of benzene rings is 1. The smallest absolute Gasteiger partial charge is 0.360 e. The lowest BCUT2D eigenvalue weighted by Gasteiger charge is -1.99. The fourth-order valence-electron chi connectivity index (χ4n) is 1.81. The Morgan fingerprint density at radius 2 is 1.78 bits per heavy atom. The van der Waals surface area contributed by atoms with Gasteiger partial charge >= 0.3 is 11.5 Å². The first kappa shape index (κ1) is 12.3. The second kappa shape index (κ2) is 5.00. The first-order valence-corrected chi connectivity index (χ1v) is 5.71. The van der Waals surface area contributed by atoms with E-state index in [1.807, 2.05) is 30.3 Å². The lowest BCUT2D eigenvalue weighted by molar-refractivity contribution is 0.101. The van der Waals surface area contributed by atoms with E-state index in [1.54, 1.807) is 20.1 Å². The summed E-state index contributed by atoms with van der Waals surface area (Å²) in [5.74, 6) is 2.18. The molecule has 0 radical (unpaired) electrons. The first-order chi connectivity index (χ1) is 8.61. The quantitative estimate of drug-likeness (QED) is 0.608. The van der Waals surface area contributed by atoms with E-state index in [9.17, 15) is 4.79 Å². The maximum absolute atomic E-state index is 11.3. The van der Waals surface area contributed by atoms with E-state index in [1.165, 1.54) is 6.92 Å². The standard InChI is InChI=1S/C15H15O3/c1-10(16)14-8-9-15(18-11(14)2)12-4-6-13(17-3)7-5-12/h4-9H,1-3H3/q+1. The van der Waals surface area contributed by atoms with Crippen molar-refractivity contribution in [3.8, 4) is 17.1 Å². The van der Waals surface area contributed by atoms with Gasteiger partial charge in [0, 0.05) is 6.07 Å². The predicted molar refractivity (Wildman–Crippen MR) is 69.8 cm³/mol. The van der Waals surface area contributed by atoms with Crippen molar-refractivity contribution in [2.75, 3.05) is 7.11 Å². The molecule has 18 heavy (non-hydrogen) atoms. The van der Waals surface area contributed by atoms with Crippen LogP contribution in [0.5, 0.6) is 5.75 Å². The summed E-state index contributed by atoms with van der Waals surface area (Å²) in [5.41, 5.74) is 1.57. The van der Waals surface area contributed by atoms with Gasteiger partial charge in [0.1, 0.15) is 11.3 Å². The highest BCUT2D eigenvalue weighted by Gasteiger charge is 2.18. The monoisotopic (exact) mass is 243 g/mol. The Labute approximate surface area is 106 Å². The lowest BCUT2D eigenvalue weighted by atomic mass is 10.1. The molecule has 0 bridgehead atoms. The molecule has 0 amide bonds. The largest absolute Gasteiger partial charge is 0.497 e. The van der Waals surface area contributed by atoms with Gasteiger partial charge in [-0.05, 0) is 37.3 Å². The summed E-state index contributed by atoms with van der Waals surface area (Å²) >= 11 is 0. The number of rotatable bonds is 3. The van der Waals surface area contributed by atoms with Crippen LogP contribution in [0, 0.1) is 6.92 Å². The summed E-state index contributed by atoms with van der Waals surface area (Å²) in [6.07, 6.45) is 0. The number of carbonyl (C=O) groups excluding carboxylic acids is 1. The maximum atomic E-state index is 11.3. The zero-order valence-corrected chi connectivity index (χ0v) is 10.7. The van der Waals surface area contributed by atoms with Gasteiger partial charge in [-0.25, -0.2) is 4.42 Å². The van der Waals surface area contributed by atoms with Crippen molar-refractivity contribution in [2.45, 2.75) is 13.8 Å². The number of ketones is 1. The third-order valence-electron chi connectivity index (χ3n) is 2.80. The van der Waals surface area contributed by atoms with Crippen molar-refractivity contribution in [3.05, 3.63) is 47.7 Å². The molecule has 0 unspecified atom stereocenters. The number of hydrogen-bond acceptors (Lipinski definition) is 2. The summed E-state index contributed by atoms with van der Waals surface area (Å²) in [5, 5.41) is 0. The summed E-state index contributed by atoms with van der Waals surface area (Å²) in [4.78, 5) is 11.3. The molecule has 2 aromatic rings. The minimum atomic E-state index is 0.0116. The molecule has 1 heterocycles. The van der Waals surface area contributed by atoms with E-state index in [-0.39, 0.29) is 5.78 Å². The molecule has 92 valence electrons. The molecule has 0 saturated carbocycles. The number of methoxy groups -OCH3 is 1. The Balaban J connectivity index is 2.39. The maximum Gasteiger partial charge on any atom is 0.360 e. The van der Waals surface area contributed by atoms with E-state index in [0.717, 1.165) is 17.1 Å². The molecule has 2 rings (SSSR count). The topological polar surface area (TPSA) is 37.6 Å². The highest BCUT2D eigenvalue weighted by atomic mass is 16.5. The normalized spacial score (nSPS) is 10.2. The molecule has 0 fully saturated rings. The second-order valence-electron chi connectivity index (χ2n) is 4.05. The summed E-state index contributed by atoms with van der Waals surface area (Å²) < 4.78 is 10.8. The highest BCUT2D eigenvalue weighted by Crippen LogP contribution is 2.24. The molecular weight excluding hydrogens is 228 g/mol. The van der Waals surface area contributed by atoms with Gasteiger partial charge in [0.05, 0.1) is 19.6 Å². The van der Waals surface area contributed by atoms with Crippen LogP contribution < -0.4 is 4.74 Å². The van der Waals surface area contributed by atoms with Gasteiger partial charge in [-0.2, -0.15) is 0 Å². The van der Waals surface area contributed by atoms with E-state index in [4.69, 9.17) is 9.15 Å². The van der Waals surface area contributed by atoms with Gasteiger partial charge in [-0.1, -0.05) is 0 Å². The van der Waals surface area contributed by atoms with Crippen LogP contribution in [0.3, 0.4) is 0 Å². The van der Waals surface area contributed by atoms with Crippen molar-refractivity contribution in [3.63, 3.8) is 0 Å². The van der Waals surface area contributed by atoms with Crippen LogP contribution in [0.1, 0.15) is 23.0 Å². The molecule has 1 aromatic carbocycles. The Morgan fingerprint density at radius 1 is 1.11 bits per heavy atom. The molecule has 0 aliphatic rings. The molecule has 1 aromatic heterocycles. The zero-order chi connectivity index (χ0) is 13.1. The minimum Gasteiger partial charge on any atom is -0.497 e. The molecule has 0 spiro atoms. The molecule has 0 aliphatic carbocycles. The van der Waals surface area contributed by atoms with E-state index in [2.05, 4.69) is 0 Å². The molecule has 0 atom stereocenters. The van der Waals surface area contributed by atoms with Crippen molar-refractivity contribution < 1.29 is 13.9 Å². The summed E-state index contributed by atoms with van der Waals surface area (Å²) in [6.45, 7) is 3.33. The molecule has 0 saturated heterocycles. The number of ether oxygens (including phenoxy) is 1. The Morgan fingerprint density at radius 3 is 2.28 bits per heavy atom. The average Bonchev–Trinajstić information content (AvgIpc) is 2.38. The summed E-state index contributed by atoms with van der Waals surface area (Å²) in [7, 11) is 1.63. The van der Waals surface area contributed by atoms with Crippen molar-refractivity contribution >= 4 is 5.78 Å². The van der Waals surface area contributed by atoms with Gasteiger partial charge < -0.3 is 4.74 Å². The number of Topliss-reactive ketones (excluding diaryl/α,β-unsaturated/α-hetero) is 1. The highest BCUT2D eigenvalue weighted by molar-refractivity contribution is 5.95. The third-order valence-corrected chi connectivity index (χ3v) is 2.80. The lowest BCUT2D eigenvalue weighted by Crippen LogP contribution is -1.95. The van der Waals surface area contributed by atoms with Crippen LogP contribution in [0.4, 0.5) is 0 Å². The molecule has 0 aliphatic heterocycles. The molecule has 0 N–H and O–H groups in total. The predicted octanol–water partition coefficient (Wildman–Crippen LogP) is 3.75. The van der Waals surface area contributed by atoms with Gasteiger partial charge in [0.15, 0.2) is 5.78 Å². The van der Waals surface area contributed by atoms with Gasteiger partial charge in [-0.15, -0.1) is 0 Å². The van der Waals surface area contributed by atoms with Crippen LogP contribution in [0.15, 0.2) is 40.8 Å². The van der Waals surface area contributed by atoms with E-state index in [0.29, 0.717) is 11.3 Å². The fraction of sp³-hybridized carbons (Fsp3) is 0.200. The first-order valence-electron chi connectivity index (χ1n) is 5.71. The SMILES string of the molecule is COc1ccc(-c2ccc(C(C)=O)c(C)[o+]2)cc1. The molecular formula is C15H15O3+. The molecule has 3 nitrogen and oxygen atoms in total. The Kier molecular flexibility index (Phi) is 3.42. The average molecular weight is 243 g/mol. The van der Waals surface area contributed by atoms with Crippen LogP contribution in [-0.4, -0.2) is 12.9 Å². The Hall–Kier alpha value is -2.16. The van der Waals surface area contributed by atoms with Crippen LogP contribution in [0.2, 0.25) is 0 Å². The van der Waals surface area contributed by atoms with Gasteiger partial charge in [0.2, 0.25) is 0 Å². The molecule has 3 heteroatoms. The van der Waals surface area contributed by atoms with Crippen molar-refractivity contribution in [2.24, 2.45) is 0 Å². The van der Waals surface area contributed by atoms with Crippen molar-refractivity contribution in [1.82, 2.24) is 0 Å². The minimum absolute atomic E-state index is 0.0116.